The third-order valence-electron chi connectivity index (χ3n) is 4.28. The van der Waals surface area contributed by atoms with Crippen LogP contribution >= 0.6 is 23.2 Å². The highest BCUT2D eigenvalue weighted by atomic mass is 35.5. The van der Waals surface area contributed by atoms with Gasteiger partial charge >= 0.3 is 0 Å². The predicted octanol–water partition coefficient (Wildman–Crippen LogP) is 4.62. The number of aliphatic hydroxyl groups is 1. The first-order chi connectivity index (χ1) is 8.98. The van der Waals surface area contributed by atoms with Gasteiger partial charge in [-0.25, -0.2) is 0 Å². The molecule has 4 heteroatoms. The van der Waals surface area contributed by atoms with Crippen LogP contribution in [0.3, 0.4) is 0 Å². The molecule has 0 heterocycles. The van der Waals surface area contributed by atoms with Crippen molar-refractivity contribution >= 4 is 23.2 Å². The molecule has 0 radical (unpaired) electrons. The zero-order valence-electron chi connectivity index (χ0n) is 11.3. The summed E-state index contributed by atoms with van der Waals surface area (Å²) < 4.78 is 5.69. The van der Waals surface area contributed by atoms with Crippen LogP contribution < -0.4 is 0 Å². The van der Waals surface area contributed by atoms with E-state index in [1.807, 2.05) is 0 Å². The van der Waals surface area contributed by atoms with Crippen molar-refractivity contribution in [2.45, 2.75) is 44.3 Å². The second-order valence-electron chi connectivity index (χ2n) is 5.52. The number of halogens is 2. The lowest BCUT2D eigenvalue weighted by Gasteiger charge is -2.42. The molecule has 2 nitrogen and oxygen atoms in total. The van der Waals surface area contributed by atoms with Crippen molar-refractivity contribution in [2.24, 2.45) is 5.92 Å². The maximum atomic E-state index is 10.7. The molecule has 1 aliphatic rings. The van der Waals surface area contributed by atoms with Gasteiger partial charge in [-0.2, -0.15) is 0 Å². The first-order valence-electron chi connectivity index (χ1n) is 6.66. The van der Waals surface area contributed by atoms with Crippen molar-refractivity contribution in [1.29, 1.82) is 0 Å². The van der Waals surface area contributed by atoms with Crippen LogP contribution in [0.15, 0.2) is 18.2 Å². The second kappa shape index (κ2) is 6.01. The Hall–Kier alpha value is -0.280. The molecule has 0 bridgehead atoms. The topological polar surface area (TPSA) is 29.5 Å². The van der Waals surface area contributed by atoms with Crippen LogP contribution in [-0.2, 0) is 4.74 Å². The summed E-state index contributed by atoms with van der Waals surface area (Å²) in [7, 11) is 1.66. The van der Waals surface area contributed by atoms with Crippen molar-refractivity contribution in [2.75, 3.05) is 7.11 Å². The van der Waals surface area contributed by atoms with Gasteiger partial charge in [0.2, 0.25) is 0 Å². The lowest BCUT2D eigenvalue weighted by atomic mass is 9.74. The Balaban J connectivity index is 2.30. The smallest absolute Gasteiger partial charge is 0.109 e. The molecule has 1 aromatic rings. The summed E-state index contributed by atoms with van der Waals surface area (Å²) in [6.07, 6.45) is 3.06. The summed E-state index contributed by atoms with van der Waals surface area (Å²) in [6, 6.07) is 5.17. The minimum absolute atomic E-state index is 0.534. The lowest BCUT2D eigenvalue weighted by molar-refractivity contribution is -0.130. The Morgan fingerprint density at radius 3 is 2.53 bits per heavy atom. The highest BCUT2D eigenvalue weighted by Crippen LogP contribution is 2.44. The standard InChI is InChI=1S/C15H20Cl2O2/c1-10-5-7-15(19-2,8-6-10)14(18)12-9-11(16)3-4-13(12)17/h3-4,9-10,14,18H,5-8H2,1-2H3. The predicted molar refractivity (Wildman–Crippen MR) is 78.8 cm³/mol. The zero-order valence-corrected chi connectivity index (χ0v) is 12.8. The molecule has 1 atom stereocenters. The van der Waals surface area contributed by atoms with Crippen molar-refractivity contribution < 1.29 is 9.84 Å². The number of ether oxygens (including phenoxy) is 1. The van der Waals surface area contributed by atoms with Crippen molar-refractivity contribution in [1.82, 2.24) is 0 Å². The minimum Gasteiger partial charge on any atom is -0.385 e. The summed E-state index contributed by atoms with van der Waals surface area (Å²) in [5.41, 5.74) is 0.117. The summed E-state index contributed by atoms with van der Waals surface area (Å²) in [5, 5.41) is 11.8. The molecule has 0 spiro atoms. The number of benzene rings is 1. The molecule has 106 valence electrons. The number of hydrogen-bond acceptors (Lipinski definition) is 2. The lowest BCUT2D eigenvalue weighted by Crippen LogP contribution is -2.42. The molecule has 1 saturated carbocycles. The average Bonchev–Trinajstić information content (AvgIpc) is 2.42. The summed E-state index contributed by atoms with van der Waals surface area (Å²) in [5.74, 6) is 0.685. The number of rotatable bonds is 3. The van der Waals surface area contributed by atoms with Crippen molar-refractivity contribution in [3.8, 4) is 0 Å². The van der Waals surface area contributed by atoms with Crippen LogP contribution in [0.4, 0.5) is 0 Å². The molecule has 1 fully saturated rings. The van der Waals surface area contributed by atoms with E-state index in [0.29, 0.717) is 21.5 Å². The Morgan fingerprint density at radius 1 is 1.32 bits per heavy atom. The number of hydrogen-bond donors (Lipinski definition) is 1. The Bertz CT molecular complexity index is 440. The van der Waals surface area contributed by atoms with Crippen LogP contribution in [-0.4, -0.2) is 17.8 Å². The Labute approximate surface area is 124 Å². The normalized spacial score (nSPS) is 29.2. The van der Waals surface area contributed by atoms with Crippen LogP contribution in [0.25, 0.3) is 0 Å². The molecular weight excluding hydrogens is 283 g/mol. The van der Waals surface area contributed by atoms with Crippen LogP contribution in [0.5, 0.6) is 0 Å². The third kappa shape index (κ3) is 3.08. The van der Waals surface area contributed by atoms with E-state index in [4.69, 9.17) is 27.9 Å². The maximum Gasteiger partial charge on any atom is 0.109 e. The molecule has 1 N–H and O–H groups in total. The van der Waals surface area contributed by atoms with Gasteiger partial charge in [-0.05, 0) is 49.8 Å². The molecule has 0 aliphatic heterocycles. The van der Waals surface area contributed by atoms with E-state index in [-0.39, 0.29) is 0 Å². The molecule has 19 heavy (non-hydrogen) atoms. The fraction of sp³-hybridized carbons (Fsp3) is 0.600. The van der Waals surface area contributed by atoms with E-state index >= 15 is 0 Å². The van der Waals surface area contributed by atoms with Gasteiger partial charge in [-0.15, -0.1) is 0 Å². The summed E-state index contributed by atoms with van der Waals surface area (Å²) in [6.45, 7) is 2.23. The fourth-order valence-corrected chi connectivity index (χ4v) is 3.25. The first-order valence-corrected chi connectivity index (χ1v) is 7.42. The van der Waals surface area contributed by atoms with Crippen molar-refractivity contribution in [3.05, 3.63) is 33.8 Å². The average molecular weight is 303 g/mol. The molecule has 0 aromatic heterocycles. The molecule has 2 rings (SSSR count). The van der Waals surface area contributed by atoms with Crippen LogP contribution in [0.1, 0.15) is 44.3 Å². The fourth-order valence-electron chi connectivity index (χ4n) is 2.85. The first kappa shape index (κ1) is 15.1. The van der Waals surface area contributed by atoms with E-state index in [1.54, 1.807) is 25.3 Å². The van der Waals surface area contributed by atoms with E-state index in [1.165, 1.54) is 0 Å². The molecular formula is C15H20Cl2O2. The molecule has 1 aromatic carbocycles. The highest BCUT2D eigenvalue weighted by molar-refractivity contribution is 6.33. The maximum absolute atomic E-state index is 10.7. The van der Waals surface area contributed by atoms with Gasteiger partial charge in [0.1, 0.15) is 6.10 Å². The van der Waals surface area contributed by atoms with E-state index in [0.717, 1.165) is 25.7 Å². The minimum atomic E-state index is -0.740. The van der Waals surface area contributed by atoms with E-state index < -0.39 is 11.7 Å². The Kier molecular flexibility index (Phi) is 4.78. The Morgan fingerprint density at radius 2 is 1.95 bits per heavy atom. The van der Waals surface area contributed by atoms with Gasteiger partial charge in [-0.3, -0.25) is 0 Å². The van der Waals surface area contributed by atoms with Gasteiger partial charge in [0, 0.05) is 22.7 Å². The van der Waals surface area contributed by atoms with Gasteiger partial charge in [-0.1, -0.05) is 30.1 Å². The molecule has 0 amide bonds. The van der Waals surface area contributed by atoms with Crippen molar-refractivity contribution in [3.63, 3.8) is 0 Å². The third-order valence-corrected chi connectivity index (χ3v) is 4.86. The highest BCUT2D eigenvalue weighted by Gasteiger charge is 2.42. The van der Waals surface area contributed by atoms with E-state index in [9.17, 15) is 5.11 Å². The SMILES string of the molecule is COC1(C(O)c2cc(Cl)ccc2Cl)CCC(C)CC1. The van der Waals surface area contributed by atoms with Gasteiger partial charge in [0.05, 0.1) is 5.60 Å². The molecule has 1 unspecified atom stereocenters. The largest absolute Gasteiger partial charge is 0.385 e. The number of methoxy groups -OCH3 is 1. The van der Waals surface area contributed by atoms with Gasteiger partial charge < -0.3 is 9.84 Å². The molecule has 0 saturated heterocycles. The van der Waals surface area contributed by atoms with E-state index in [2.05, 4.69) is 6.92 Å². The number of aliphatic hydroxyl groups excluding tert-OH is 1. The molecule has 1 aliphatic carbocycles. The second-order valence-corrected chi connectivity index (χ2v) is 6.36. The van der Waals surface area contributed by atoms with Crippen LogP contribution in [0.2, 0.25) is 10.0 Å². The summed E-state index contributed by atoms with van der Waals surface area (Å²) in [4.78, 5) is 0. The monoisotopic (exact) mass is 302 g/mol. The zero-order chi connectivity index (χ0) is 14.0. The van der Waals surface area contributed by atoms with Gasteiger partial charge in [0.15, 0.2) is 0 Å². The quantitative estimate of drug-likeness (QED) is 0.882. The summed E-state index contributed by atoms with van der Waals surface area (Å²) >= 11 is 12.2. The van der Waals surface area contributed by atoms with Crippen LogP contribution in [0, 0.1) is 5.92 Å². The van der Waals surface area contributed by atoms with Gasteiger partial charge in [0.25, 0.3) is 0 Å².